The lowest BCUT2D eigenvalue weighted by Crippen LogP contribution is -2.49. The van der Waals surface area contributed by atoms with Gasteiger partial charge in [0.05, 0.1) is 14.2 Å². The van der Waals surface area contributed by atoms with Crippen molar-refractivity contribution in [2.75, 3.05) is 14.2 Å². The summed E-state index contributed by atoms with van der Waals surface area (Å²) in [5, 5.41) is 0. The van der Waals surface area contributed by atoms with Gasteiger partial charge in [-0.3, -0.25) is 0 Å². The van der Waals surface area contributed by atoms with Crippen molar-refractivity contribution in [1.29, 1.82) is 0 Å². The summed E-state index contributed by atoms with van der Waals surface area (Å²) in [4.78, 5) is 9.82. The summed E-state index contributed by atoms with van der Waals surface area (Å²) in [5.41, 5.74) is 2.34. The van der Waals surface area contributed by atoms with E-state index >= 15 is 0 Å². The van der Waals surface area contributed by atoms with Gasteiger partial charge in [0.25, 0.3) is 0 Å². The second-order valence-corrected chi connectivity index (χ2v) is 6.46. The average molecular weight is 300 g/mol. The van der Waals surface area contributed by atoms with E-state index < -0.39 is 5.54 Å². The first-order chi connectivity index (χ1) is 10.6. The van der Waals surface area contributed by atoms with E-state index in [1.54, 1.807) is 14.2 Å². The predicted molar refractivity (Wildman–Crippen MR) is 88.7 cm³/mol. The van der Waals surface area contributed by atoms with Gasteiger partial charge in [-0.15, -0.1) is 0 Å². The quantitative estimate of drug-likeness (QED) is 0.800. The van der Waals surface area contributed by atoms with Crippen LogP contribution in [0.4, 0.5) is 0 Å². The van der Waals surface area contributed by atoms with Crippen LogP contribution in [0.3, 0.4) is 0 Å². The van der Waals surface area contributed by atoms with Crippen LogP contribution in [0.2, 0.25) is 0 Å². The number of fused-ring (bicyclic) bond motifs is 1. The zero-order valence-corrected chi connectivity index (χ0v) is 13.8. The van der Waals surface area contributed by atoms with Crippen molar-refractivity contribution in [2.24, 2.45) is 15.9 Å². The molecule has 0 radical (unpaired) electrons. The van der Waals surface area contributed by atoms with Gasteiger partial charge in [-0.1, -0.05) is 38.1 Å². The Balaban J connectivity index is 2.02. The van der Waals surface area contributed by atoms with Crippen LogP contribution in [0, 0.1) is 5.92 Å². The molecule has 1 aliphatic heterocycles. The second kappa shape index (κ2) is 5.75. The highest BCUT2D eigenvalue weighted by molar-refractivity contribution is 5.97. The van der Waals surface area contributed by atoms with E-state index in [1.807, 2.05) is 0 Å². The number of aryl methyl sites for hydroxylation is 1. The van der Waals surface area contributed by atoms with Crippen molar-refractivity contribution >= 4 is 11.8 Å². The molecule has 1 aromatic rings. The van der Waals surface area contributed by atoms with Gasteiger partial charge >= 0.3 is 0 Å². The lowest BCUT2D eigenvalue weighted by atomic mass is 9.77. The molecule has 0 N–H and O–H groups in total. The molecule has 1 heterocycles. The molecular formula is C18H24N2O2. The van der Waals surface area contributed by atoms with E-state index in [0.717, 1.165) is 31.1 Å². The average Bonchev–Trinajstić information content (AvgIpc) is 2.54. The van der Waals surface area contributed by atoms with Crippen molar-refractivity contribution in [3.8, 4) is 0 Å². The molecule has 4 heteroatoms. The maximum absolute atomic E-state index is 5.66. The standard InChI is InChI=1S/C18H24N2O2/c1-12(2)15-16(21-3)20-18(17(19-15)22-4)10-9-13-7-5-6-8-14(13)11-18/h5-8,12,15H,9-11H2,1-4H3/t15-,18-/m1/s1. The maximum Gasteiger partial charge on any atom is 0.213 e. The van der Waals surface area contributed by atoms with Crippen LogP contribution in [0.5, 0.6) is 0 Å². The number of benzene rings is 1. The second-order valence-electron chi connectivity index (χ2n) is 6.46. The summed E-state index contributed by atoms with van der Waals surface area (Å²) in [6.45, 7) is 4.26. The van der Waals surface area contributed by atoms with Crippen LogP contribution in [-0.4, -0.2) is 37.6 Å². The Morgan fingerprint density at radius 1 is 1.14 bits per heavy atom. The van der Waals surface area contributed by atoms with E-state index in [9.17, 15) is 0 Å². The number of hydrogen-bond acceptors (Lipinski definition) is 4. The predicted octanol–water partition coefficient (Wildman–Crippen LogP) is 3.04. The molecule has 0 amide bonds. The lowest BCUT2D eigenvalue weighted by molar-refractivity contribution is 0.292. The van der Waals surface area contributed by atoms with Crippen LogP contribution < -0.4 is 0 Å². The Bertz CT molecular complexity index is 621. The molecular weight excluding hydrogens is 276 g/mol. The fraction of sp³-hybridized carbons (Fsp3) is 0.556. The highest BCUT2D eigenvalue weighted by Gasteiger charge is 2.45. The normalized spacial score (nSPS) is 27.2. The molecule has 4 nitrogen and oxygen atoms in total. The Morgan fingerprint density at radius 2 is 1.86 bits per heavy atom. The van der Waals surface area contributed by atoms with Crippen LogP contribution in [0.1, 0.15) is 31.4 Å². The molecule has 118 valence electrons. The Labute approximate surface area is 132 Å². The van der Waals surface area contributed by atoms with Crippen molar-refractivity contribution < 1.29 is 9.47 Å². The number of methoxy groups -OCH3 is 2. The van der Waals surface area contributed by atoms with Gasteiger partial charge in [0, 0.05) is 6.42 Å². The minimum absolute atomic E-state index is 0.0530. The topological polar surface area (TPSA) is 43.2 Å². The van der Waals surface area contributed by atoms with E-state index in [-0.39, 0.29) is 6.04 Å². The molecule has 0 saturated carbocycles. The summed E-state index contributed by atoms with van der Waals surface area (Å²) in [6.07, 6.45) is 2.73. The Morgan fingerprint density at radius 3 is 2.50 bits per heavy atom. The molecule has 22 heavy (non-hydrogen) atoms. The lowest BCUT2D eigenvalue weighted by Gasteiger charge is -2.39. The van der Waals surface area contributed by atoms with Crippen LogP contribution in [0.15, 0.2) is 34.3 Å². The summed E-state index contributed by atoms with van der Waals surface area (Å²) < 4.78 is 11.2. The monoisotopic (exact) mass is 300 g/mol. The third kappa shape index (κ3) is 2.40. The fourth-order valence-electron chi connectivity index (χ4n) is 3.47. The molecule has 1 spiro atoms. The highest BCUT2D eigenvalue weighted by Crippen LogP contribution is 2.36. The van der Waals surface area contributed by atoms with Gasteiger partial charge in [-0.25, -0.2) is 9.98 Å². The number of nitrogens with zero attached hydrogens (tertiary/aromatic N) is 2. The minimum Gasteiger partial charge on any atom is -0.483 e. The maximum atomic E-state index is 5.66. The first-order valence-electron chi connectivity index (χ1n) is 7.92. The molecule has 1 aromatic carbocycles. The Kier molecular flexibility index (Phi) is 3.94. The fourth-order valence-corrected chi connectivity index (χ4v) is 3.47. The molecule has 3 rings (SSSR count). The number of aliphatic imine (C=N–C) groups is 2. The Hall–Kier alpha value is -1.84. The van der Waals surface area contributed by atoms with E-state index in [1.165, 1.54) is 11.1 Å². The molecule has 2 atom stereocenters. The van der Waals surface area contributed by atoms with Crippen molar-refractivity contribution in [1.82, 2.24) is 0 Å². The third-order valence-corrected chi connectivity index (χ3v) is 4.67. The van der Waals surface area contributed by atoms with Crippen LogP contribution in [-0.2, 0) is 22.3 Å². The summed E-state index contributed by atoms with van der Waals surface area (Å²) in [6, 6.07) is 8.51. The number of rotatable bonds is 1. The van der Waals surface area contributed by atoms with E-state index in [0.29, 0.717) is 5.92 Å². The van der Waals surface area contributed by atoms with Crippen molar-refractivity contribution in [3.63, 3.8) is 0 Å². The highest BCUT2D eigenvalue weighted by atomic mass is 16.5. The molecule has 1 aliphatic carbocycles. The number of hydrogen-bond donors (Lipinski definition) is 0. The number of ether oxygens (including phenoxy) is 2. The summed E-state index contributed by atoms with van der Waals surface area (Å²) in [7, 11) is 3.39. The zero-order chi connectivity index (χ0) is 15.7. The van der Waals surface area contributed by atoms with E-state index in [2.05, 4.69) is 38.1 Å². The van der Waals surface area contributed by atoms with Gasteiger partial charge in [0.1, 0.15) is 11.6 Å². The van der Waals surface area contributed by atoms with Crippen molar-refractivity contribution in [3.05, 3.63) is 35.4 Å². The van der Waals surface area contributed by atoms with E-state index in [4.69, 9.17) is 19.5 Å². The van der Waals surface area contributed by atoms with Gasteiger partial charge in [-0.05, 0) is 29.9 Å². The van der Waals surface area contributed by atoms with Gasteiger partial charge in [0.15, 0.2) is 0 Å². The molecule has 0 bridgehead atoms. The minimum atomic E-state index is -0.403. The molecule has 0 aromatic heterocycles. The zero-order valence-electron chi connectivity index (χ0n) is 13.8. The van der Waals surface area contributed by atoms with Crippen LogP contribution in [0.25, 0.3) is 0 Å². The first-order valence-corrected chi connectivity index (χ1v) is 7.92. The molecule has 0 saturated heterocycles. The van der Waals surface area contributed by atoms with Gasteiger partial charge in [-0.2, -0.15) is 0 Å². The largest absolute Gasteiger partial charge is 0.483 e. The molecule has 0 unspecified atom stereocenters. The molecule has 0 fully saturated rings. The SMILES string of the molecule is COC1=N[C@@]2(CCc3ccccc3C2)C(OC)=N[C@@H]1C(C)C. The van der Waals surface area contributed by atoms with Gasteiger partial charge in [0.2, 0.25) is 11.8 Å². The smallest absolute Gasteiger partial charge is 0.213 e. The van der Waals surface area contributed by atoms with Crippen LogP contribution >= 0.6 is 0 Å². The third-order valence-electron chi connectivity index (χ3n) is 4.67. The van der Waals surface area contributed by atoms with Gasteiger partial charge < -0.3 is 9.47 Å². The summed E-state index contributed by atoms with van der Waals surface area (Å²) >= 11 is 0. The summed E-state index contributed by atoms with van der Waals surface area (Å²) in [5.74, 6) is 1.81. The van der Waals surface area contributed by atoms with Crippen molar-refractivity contribution in [2.45, 2.75) is 44.7 Å². The molecule has 2 aliphatic rings. The first kappa shape index (κ1) is 15.1.